The van der Waals surface area contributed by atoms with Crippen LogP contribution in [-0.4, -0.2) is 64.0 Å². The number of nitrogens with one attached hydrogen (secondary N) is 4. The molecule has 2 heterocycles. The molecule has 4 aromatic rings. The largest absolute Gasteiger partial charge is 0.477 e. The van der Waals surface area contributed by atoms with Gasteiger partial charge < -0.3 is 26.4 Å². The van der Waals surface area contributed by atoms with Crippen molar-refractivity contribution < 1.29 is 19.5 Å². The number of rotatable bonds is 11. The van der Waals surface area contributed by atoms with E-state index in [1.807, 2.05) is 19.1 Å². The van der Waals surface area contributed by atoms with E-state index >= 15 is 0 Å². The molecule has 0 radical (unpaired) electrons. The molecule has 0 saturated heterocycles. The normalized spacial score (nSPS) is 10.7. The number of halogens is 1. The minimum absolute atomic E-state index is 0.0457. The molecule has 2 aromatic carbocycles. The first-order valence-electron chi connectivity index (χ1n) is 12.5. The number of carbonyl (C=O) groups excluding carboxylic acids is 2. The summed E-state index contributed by atoms with van der Waals surface area (Å²) in [6.07, 6.45) is 0. The average molecular weight is 562 g/mol. The zero-order valence-electron chi connectivity index (χ0n) is 21.9. The number of carbonyl (C=O) groups is 3. The summed E-state index contributed by atoms with van der Waals surface area (Å²) in [6, 6.07) is 15.6. The maximum absolute atomic E-state index is 13.0. The Morgan fingerprint density at radius 1 is 0.850 bits per heavy atom. The minimum Gasteiger partial charge on any atom is -0.477 e. The molecule has 0 unspecified atom stereocenters. The summed E-state index contributed by atoms with van der Waals surface area (Å²) in [5, 5.41) is 23.2. The van der Waals surface area contributed by atoms with Crippen LogP contribution in [0.5, 0.6) is 0 Å². The van der Waals surface area contributed by atoms with Crippen LogP contribution in [0.2, 0.25) is 5.02 Å². The predicted molar refractivity (Wildman–Crippen MR) is 154 cm³/mol. The predicted octanol–water partition coefficient (Wildman–Crippen LogP) is 3.74. The smallest absolute Gasteiger partial charge is 0.354 e. The molecule has 0 aliphatic carbocycles. The van der Waals surface area contributed by atoms with Gasteiger partial charge in [0.25, 0.3) is 5.91 Å². The van der Waals surface area contributed by atoms with Gasteiger partial charge >= 0.3 is 5.97 Å². The van der Waals surface area contributed by atoms with Crippen molar-refractivity contribution in [2.75, 3.05) is 36.8 Å². The number of hydrogen-bond donors (Lipinski definition) is 5. The van der Waals surface area contributed by atoms with Gasteiger partial charge in [-0.25, -0.2) is 19.7 Å². The fourth-order valence-corrected chi connectivity index (χ4v) is 4.06. The lowest BCUT2D eigenvalue weighted by molar-refractivity contribution is -0.118. The van der Waals surface area contributed by atoms with Crippen LogP contribution < -0.4 is 21.3 Å². The third-order valence-corrected chi connectivity index (χ3v) is 6.17. The number of carboxylic acids is 1. The molecule has 4 rings (SSSR count). The number of aromatic carboxylic acids is 1. The monoisotopic (exact) mass is 561 g/mol. The zero-order chi connectivity index (χ0) is 28.6. The molecule has 12 heteroatoms. The first-order valence-corrected chi connectivity index (χ1v) is 12.9. The molecular formula is C28H28ClN7O4. The van der Waals surface area contributed by atoms with Crippen LogP contribution in [0.15, 0.2) is 54.6 Å². The quantitative estimate of drug-likeness (QED) is 0.172. The summed E-state index contributed by atoms with van der Waals surface area (Å²) in [7, 11) is 0. The molecule has 2 aromatic heterocycles. The summed E-state index contributed by atoms with van der Waals surface area (Å²) in [4.78, 5) is 49.0. The highest BCUT2D eigenvalue weighted by molar-refractivity contribution is 6.30. The summed E-state index contributed by atoms with van der Waals surface area (Å²) in [6.45, 7) is 4.75. The zero-order valence-corrected chi connectivity index (χ0v) is 22.7. The van der Waals surface area contributed by atoms with E-state index in [-0.39, 0.29) is 23.8 Å². The number of amides is 2. The Hall–Kier alpha value is -4.77. The topological polar surface area (TPSA) is 158 Å². The maximum Gasteiger partial charge on any atom is 0.354 e. The van der Waals surface area contributed by atoms with E-state index in [0.29, 0.717) is 52.9 Å². The van der Waals surface area contributed by atoms with Gasteiger partial charge in [-0.05, 0) is 42.6 Å². The number of aromatic nitrogens is 3. The summed E-state index contributed by atoms with van der Waals surface area (Å²) >= 11 is 6.04. The van der Waals surface area contributed by atoms with E-state index in [1.54, 1.807) is 36.4 Å². The highest BCUT2D eigenvalue weighted by atomic mass is 35.5. The van der Waals surface area contributed by atoms with Crippen molar-refractivity contribution in [2.45, 2.75) is 13.8 Å². The third-order valence-electron chi connectivity index (χ3n) is 5.92. The van der Waals surface area contributed by atoms with Crippen molar-refractivity contribution in [3.63, 3.8) is 0 Å². The van der Waals surface area contributed by atoms with Crippen LogP contribution in [-0.2, 0) is 4.79 Å². The number of hydrogen-bond acceptors (Lipinski definition) is 8. The highest BCUT2D eigenvalue weighted by Crippen LogP contribution is 2.26. The van der Waals surface area contributed by atoms with Crippen LogP contribution in [0, 0.1) is 6.92 Å². The summed E-state index contributed by atoms with van der Waals surface area (Å²) in [5.41, 5.74) is 1.37. The lowest BCUT2D eigenvalue weighted by Gasteiger charge is -2.16. The third kappa shape index (κ3) is 7.00. The van der Waals surface area contributed by atoms with Crippen molar-refractivity contribution >= 4 is 51.8 Å². The van der Waals surface area contributed by atoms with Crippen molar-refractivity contribution in [2.24, 2.45) is 0 Å². The summed E-state index contributed by atoms with van der Waals surface area (Å²) in [5.74, 6) is -0.186. The van der Waals surface area contributed by atoms with Crippen LogP contribution in [0.1, 0.15) is 33.5 Å². The molecule has 206 valence electrons. The van der Waals surface area contributed by atoms with Crippen molar-refractivity contribution in [1.29, 1.82) is 0 Å². The Morgan fingerprint density at radius 3 is 2.10 bits per heavy atom. The Bertz CT molecular complexity index is 1560. The number of fused-ring (bicyclic) bond motifs is 1. The van der Waals surface area contributed by atoms with Gasteiger partial charge in [-0.3, -0.25) is 9.59 Å². The minimum atomic E-state index is -1.21. The molecule has 0 atom stereocenters. The van der Waals surface area contributed by atoms with Gasteiger partial charge in [-0.2, -0.15) is 0 Å². The van der Waals surface area contributed by atoms with Crippen molar-refractivity contribution in [3.8, 4) is 11.4 Å². The number of carboxylic acid groups (broad SMARTS) is 1. The first kappa shape index (κ1) is 28.2. The van der Waals surface area contributed by atoms with E-state index in [2.05, 4.69) is 36.2 Å². The number of pyridine rings is 1. The van der Waals surface area contributed by atoms with Gasteiger partial charge in [-0.15, -0.1) is 0 Å². The average Bonchev–Trinajstić information content (AvgIpc) is 2.94. The molecule has 5 N–H and O–H groups in total. The molecule has 0 aliphatic rings. The van der Waals surface area contributed by atoms with E-state index in [9.17, 15) is 19.5 Å². The van der Waals surface area contributed by atoms with Gasteiger partial charge in [0.1, 0.15) is 23.0 Å². The Kier molecular flexibility index (Phi) is 9.07. The molecule has 40 heavy (non-hydrogen) atoms. The molecule has 11 nitrogen and oxygen atoms in total. The van der Waals surface area contributed by atoms with Crippen LogP contribution in [0.3, 0.4) is 0 Å². The molecule has 0 saturated carbocycles. The van der Waals surface area contributed by atoms with E-state index in [0.717, 1.165) is 11.1 Å². The second-order valence-corrected chi connectivity index (χ2v) is 9.29. The Balaban J connectivity index is 1.48. The van der Waals surface area contributed by atoms with Gasteiger partial charge in [-0.1, -0.05) is 35.9 Å². The number of benzene rings is 2. The van der Waals surface area contributed by atoms with Crippen molar-refractivity contribution in [3.05, 3.63) is 76.6 Å². The standard InChI is InChI=1S/C28H28ClN7O4/c1-16-24(31-12-11-30-17(2)37)35-26(18-7-9-20(29)10-8-18)36-25(16)32-13-14-33-27(38)23-21-6-4-3-5-19(21)15-22(34-23)28(39)40/h3-10,15H,11-14H2,1-2H3,(H,30,37)(H,33,38)(H,39,40)(H2,31,32,35,36). The second kappa shape index (κ2) is 12.9. The van der Waals surface area contributed by atoms with E-state index in [4.69, 9.17) is 11.6 Å². The van der Waals surface area contributed by atoms with Gasteiger partial charge in [0.2, 0.25) is 5.91 Å². The molecule has 0 fully saturated rings. The number of nitrogens with zero attached hydrogens (tertiary/aromatic N) is 3. The van der Waals surface area contributed by atoms with Crippen LogP contribution >= 0.6 is 11.6 Å². The Labute approximate surface area is 235 Å². The Morgan fingerprint density at radius 2 is 1.48 bits per heavy atom. The SMILES string of the molecule is CC(=O)NCCNc1nc(-c2ccc(Cl)cc2)nc(NCCNC(=O)c2nc(C(=O)O)cc3ccccc23)c1C. The van der Waals surface area contributed by atoms with Gasteiger partial charge in [0, 0.05) is 54.6 Å². The lowest BCUT2D eigenvalue weighted by atomic mass is 10.1. The fraction of sp³-hybridized carbons (Fsp3) is 0.214. The number of anilines is 2. The van der Waals surface area contributed by atoms with E-state index in [1.165, 1.54) is 13.0 Å². The molecule has 2 amide bonds. The molecule has 0 spiro atoms. The van der Waals surface area contributed by atoms with Crippen LogP contribution in [0.25, 0.3) is 22.2 Å². The van der Waals surface area contributed by atoms with Gasteiger partial charge in [0.05, 0.1) is 0 Å². The fourth-order valence-electron chi connectivity index (χ4n) is 3.93. The van der Waals surface area contributed by atoms with Crippen molar-refractivity contribution in [1.82, 2.24) is 25.6 Å². The van der Waals surface area contributed by atoms with Crippen LogP contribution in [0.4, 0.5) is 11.6 Å². The molecular weight excluding hydrogens is 534 g/mol. The molecule has 0 aliphatic heterocycles. The highest BCUT2D eigenvalue weighted by Gasteiger charge is 2.17. The van der Waals surface area contributed by atoms with Gasteiger partial charge in [0.15, 0.2) is 5.82 Å². The second-order valence-electron chi connectivity index (χ2n) is 8.85. The summed E-state index contributed by atoms with van der Waals surface area (Å²) < 4.78 is 0. The lowest BCUT2D eigenvalue weighted by Crippen LogP contribution is -2.30. The van der Waals surface area contributed by atoms with E-state index < -0.39 is 11.9 Å². The maximum atomic E-state index is 13.0. The molecule has 0 bridgehead atoms. The first-order chi connectivity index (χ1) is 19.2.